The third kappa shape index (κ3) is 3.53. The van der Waals surface area contributed by atoms with Gasteiger partial charge < -0.3 is 4.74 Å². The van der Waals surface area contributed by atoms with Crippen LogP contribution in [0.2, 0.25) is 0 Å². The molecule has 1 atom stereocenters. The van der Waals surface area contributed by atoms with E-state index in [2.05, 4.69) is 17.9 Å². The minimum Gasteiger partial charge on any atom is -0.460 e. The molecule has 0 spiro atoms. The van der Waals surface area contributed by atoms with E-state index in [1.807, 2.05) is 0 Å². The molecule has 0 saturated heterocycles. The molecular formula is C7H10O2. The minimum atomic E-state index is -0.208. The fraction of sp³-hybridized carbons (Fsp3) is 0.286. The summed E-state index contributed by atoms with van der Waals surface area (Å²) in [5.41, 5.74) is 0. The van der Waals surface area contributed by atoms with Gasteiger partial charge in [0.05, 0.1) is 0 Å². The molecule has 0 aliphatic rings. The normalized spacial score (nSPS) is 11.6. The first-order valence-electron chi connectivity index (χ1n) is 2.67. The molecule has 0 aliphatic carbocycles. The Morgan fingerprint density at radius 2 is 2.22 bits per heavy atom. The van der Waals surface area contributed by atoms with Crippen LogP contribution in [0.25, 0.3) is 0 Å². The molecule has 0 bridgehead atoms. The Bertz CT molecular complexity index is 97.5. The van der Waals surface area contributed by atoms with Crippen LogP contribution in [0, 0.1) is 0 Å². The van der Waals surface area contributed by atoms with Gasteiger partial charge in [-0.2, -0.15) is 0 Å². The molecular weight excluding hydrogens is 116 g/mol. The first kappa shape index (κ1) is 7.95. The summed E-state index contributed by atoms with van der Waals surface area (Å²) in [6.45, 7) is 7.37. The number of ether oxygens (including phenoxy) is 1. The standard InChI is InChI=1S/C7H10O2/c1-3-5-7(4-2)9-6-8/h3-4,6-7H,1-2,5H2. The second-order valence-electron chi connectivity index (χ2n) is 1.53. The van der Waals surface area contributed by atoms with Gasteiger partial charge in [0, 0.05) is 6.42 Å². The molecule has 0 N–H and O–H groups in total. The Kier molecular flexibility index (Phi) is 4.50. The fourth-order valence-corrected chi connectivity index (χ4v) is 0.443. The number of rotatable bonds is 5. The molecule has 2 nitrogen and oxygen atoms in total. The number of hydrogen-bond donors (Lipinski definition) is 0. The van der Waals surface area contributed by atoms with Gasteiger partial charge in [-0.3, -0.25) is 4.79 Å². The number of hydrogen-bond acceptors (Lipinski definition) is 2. The molecule has 0 rings (SSSR count). The summed E-state index contributed by atoms with van der Waals surface area (Å²) in [6.07, 6.45) is 3.66. The lowest BCUT2D eigenvalue weighted by Gasteiger charge is -2.04. The summed E-state index contributed by atoms with van der Waals surface area (Å²) >= 11 is 0. The third-order valence-electron chi connectivity index (χ3n) is 0.892. The molecule has 2 heteroatoms. The topological polar surface area (TPSA) is 26.3 Å². The molecule has 0 aromatic carbocycles. The molecule has 50 valence electrons. The van der Waals surface area contributed by atoms with Crippen molar-refractivity contribution in [2.75, 3.05) is 0 Å². The van der Waals surface area contributed by atoms with Crippen molar-refractivity contribution in [1.29, 1.82) is 0 Å². The highest BCUT2D eigenvalue weighted by Gasteiger charge is 1.97. The summed E-state index contributed by atoms with van der Waals surface area (Å²) in [5, 5.41) is 0. The Morgan fingerprint density at radius 1 is 1.56 bits per heavy atom. The van der Waals surface area contributed by atoms with Crippen molar-refractivity contribution in [2.45, 2.75) is 12.5 Å². The van der Waals surface area contributed by atoms with Gasteiger partial charge in [0.15, 0.2) is 0 Å². The van der Waals surface area contributed by atoms with E-state index >= 15 is 0 Å². The van der Waals surface area contributed by atoms with Crippen LogP contribution in [0.15, 0.2) is 25.3 Å². The monoisotopic (exact) mass is 126 g/mol. The van der Waals surface area contributed by atoms with Crippen LogP contribution < -0.4 is 0 Å². The maximum atomic E-state index is 9.74. The van der Waals surface area contributed by atoms with Gasteiger partial charge in [-0.05, 0) is 0 Å². The lowest BCUT2D eigenvalue weighted by molar-refractivity contribution is -0.131. The first-order chi connectivity index (χ1) is 4.35. The van der Waals surface area contributed by atoms with Crippen LogP contribution >= 0.6 is 0 Å². The van der Waals surface area contributed by atoms with Gasteiger partial charge >= 0.3 is 0 Å². The molecule has 0 aromatic rings. The fourth-order valence-electron chi connectivity index (χ4n) is 0.443. The van der Waals surface area contributed by atoms with E-state index in [0.717, 1.165) is 0 Å². The van der Waals surface area contributed by atoms with Crippen LogP contribution in [0.1, 0.15) is 6.42 Å². The van der Waals surface area contributed by atoms with Gasteiger partial charge in [0.1, 0.15) is 6.10 Å². The summed E-state index contributed by atoms with van der Waals surface area (Å²) < 4.78 is 4.56. The lowest BCUT2D eigenvalue weighted by Crippen LogP contribution is -2.05. The van der Waals surface area contributed by atoms with E-state index in [1.165, 1.54) is 0 Å². The SMILES string of the molecule is C=CCC(C=C)OC=O. The first-order valence-corrected chi connectivity index (χ1v) is 2.67. The average molecular weight is 126 g/mol. The predicted molar refractivity (Wildman–Crippen MR) is 35.9 cm³/mol. The number of carbonyl (C=O) groups excluding carboxylic acids is 1. The Labute approximate surface area is 54.8 Å². The number of carbonyl (C=O) groups is 1. The molecule has 0 heterocycles. The Hall–Kier alpha value is -1.05. The van der Waals surface area contributed by atoms with E-state index in [9.17, 15) is 4.79 Å². The van der Waals surface area contributed by atoms with Crippen LogP contribution in [-0.2, 0) is 9.53 Å². The van der Waals surface area contributed by atoms with E-state index in [1.54, 1.807) is 12.2 Å². The molecule has 0 radical (unpaired) electrons. The zero-order valence-electron chi connectivity index (χ0n) is 5.25. The second-order valence-corrected chi connectivity index (χ2v) is 1.53. The third-order valence-corrected chi connectivity index (χ3v) is 0.892. The van der Waals surface area contributed by atoms with Crippen LogP contribution in [0.3, 0.4) is 0 Å². The summed E-state index contributed by atoms with van der Waals surface area (Å²) in [7, 11) is 0. The molecule has 1 unspecified atom stereocenters. The van der Waals surface area contributed by atoms with Crippen molar-refractivity contribution in [1.82, 2.24) is 0 Å². The van der Waals surface area contributed by atoms with E-state index < -0.39 is 0 Å². The van der Waals surface area contributed by atoms with Crippen molar-refractivity contribution >= 4 is 6.47 Å². The maximum Gasteiger partial charge on any atom is 0.293 e. The summed E-state index contributed by atoms with van der Waals surface area (Å²) in [6, 6.07) is 0. The largest absolute Gasteiger partial charge is 0.460 e. The summed E-state index contributed by atoms with van der Waals surface area (Å²) in [4.78, 5) is 9.74. The second kappa shape index (κ2) is 5.09. The van der Waals surface area contributed by atoms with Crippen molar-refractivity contribution < 1.29 is 9.53 Å². The quantitative estimate of drug-likeness (QED) is 0.410. The molecule has 0 saturated carbocycles. The molecule has 9 heavy (non-hydrogen) atoms. The van der Waals surface area contributed by atoms with Gasteiger partial charge in [-0.1, -0.05) is 18.7 Å². The highest BCUT2D eigenvalue weighted by molar-refractivity contribution is 5.38. The molecule has 0 fully saturated rings. The van der Waals surface area contributed by atoms with Crippen LogP contribution in [0.5, 0.6) is 0 Å². The lowest BCUT2D eigenvalue weighted by atomic mass is 10.2. The van der Waals surface area contributed by atoms with Crippen LogP contribution in [-0.4, -0.2) is 12.6 Å². The zero-order chi connectivity index (χ0) is 7.11. The van der Waals surface area contributed by atoms with Gasteiger partial charge in [0.25, 0.3) is 6.47 Å². The van der Waals surface area contributed by atoms with E-state index in [0.29, 0.717) is 12.9 Å². The van der Waals surface area contributed by atoms with Gasteiger partial charge in [-0.25, -0.2) is 0 Å². The van der Waals surface area contributed by atoms with Gasteiger partial charge in [-0.15, -0.1) is 6.58 Å². The van der Waals surface area contributed by atoms with E-state index in [4.69, 9.17) is 0 Å². The molecule has 0 amide bonds. The Balaban J connectivity index is 3.51. The highest BCUT2D eigenvalue weighted by Crippen LogP contribution is 1.97. The van der Waals surface area contributed by atoms with Crippen molar-refractivity contribution in [3.8, 4) is 0 Å². The minimum absolute atomic E-state index is 0.208. The average Bonchev–Trinajstić information content (AvgIpc) is 1.88. The van der Waals surface area contributed by atoms with E-state index in [-0.39, 0.29) is 6.10 Å². The smallest absolute Gasteiger partial charge is 0.293 e. The molecule has 0 aromatic heterocycles. The van der Waals surface area contributed by atoms with Crippen molar-refractivity contribution in [3.63, 3.8) is 0 Å². The van der Waals surface area contributed by atoms with Crippen molar-refractivity contribution in [3.05, 3.63) is 25.3 Å². The Morgan fingerprint density at radius 3 is 2.56 bits per heavy atom. The maximum absolute atomic E-state index is 9.74. The zero-order valence-corrected chi connectivity index (χ0v) is 5.25. The van der Waals surface area contributed by atoms with Crippen molar-refractivity contribution in [2.24, 2.45) is 0 Å². The molecule has 0 aliphatic heterocycles. The summed E-state index contributed by atoms with van der Waals surface area (Å²) in [5.74, 6) is 0. The predicted octanol–water partition coefficient (Wildman–Crippen LogP) is 1.29. The highest BCUT2D eigenvalue weighted by atomic mass is 16.5. The van der Waals surface area contributed by atoms with Crippen LogP contribution in [0.4, 0.5) is 0 Å². The van der Waals surface area contributed by atoms with Gasteiger partial charge in [0.2, 0.25) is 0 Å².